The molecule has 0 aliphatic carbocycles. The number of hydrogen-bond donors (Lipinski definition) is 1. The van der Waals surface area contributed by atoms with Crippen molar-refractivity contribution in [3.05, 3.63) is 52.6 Å². The summed E-state index contributed by atoms with van der Waals surface area (Å²) < 4.78 is 13.2. The van der Waals surface area contributed by atoms with Crippen molar-refractivity contribution in [3.63, 3.8) is 0 Å². The van der Waals surface area contributed by atoms with E-state index in [4.69, 9.17) is 0 Å². The number of hydrogen-bond acceptors (Lipinski definition) is 2. The number of rotatable bonds is 2. The second-order valence-electron chi connectivity index (χ2n) is 3.74. The number of H-pyrrole nitrogens is 1. The van der Waals surface area contributed by atoms with Crippen molar-refractivity contribution in [2.45, 2.75) is 13.8 Å². The average Bonchev–Trinajstić information content (AvgIpc) is 2.63. The molecule has 0 bridgehead atoms. The molecule has 0 atom stereocenters. The van der Waals surface area contributed by atoms with Gasteiger partial charge in [-0.25, -0.2) is 4.39 Å². The second kappa shape index (κ2) is 3.89. The van der Waals surface area contributed by atoms with E-state index in [0.29, 0.717) is 5.56 Å². The summed E-state index contributed by atoms with van der Waals surface area (Å²) in [5.41, 5.74) is 2.30. The molecule has 3 nitrogen and oxygen atoms in total. The van der Waals surface area contributed by atoms with Crippen molar-refractivity contribution < 1.29 is 9.18 Å². The Balaban J connectivity index is 2.46. The van der Waals surface area contributed by atoms with Gasteiger partial charge in [-0.2, -0.15) is 5.10 Å². The van der Waals surface area contributed by atoms with E-state index in [0.717, 1.165) is 17.3 Å². The van der Waals surface area contributed by atoms with Crippen LogP contribution in [-0.4, -0.2) is 16.0 Å². The van der Waals surface area contributed by atoms with Crippen LogP contribution in [0.15, 0.2) is 24.4 Å². The Morgan fingerprint density at radius 1 is 1.38 bits per heavy atom. The molecule has 1 heterocycles. The van der Waals surface area contributed by atoms with Crippen LogP contribution < -0.4 is 0 Å². The highest BCUT2D eigenvalue weighted by Gasteiger charge is 2.17. The summed E-state index contributed by atoms with van der Waals surface area (Å²) in [6.07, 6.45) is 0.997. The van der Waals surface area contributed by atoms with E-state index in [2.05, 4.69) is 10.2 Å². The van der Waals surface area contributed by atoms with E-state index in [1.165, 1.54) is 0 Å². The average molecular weight is 218 g/mol. The van der Waals surface area contributed by atoms with Gasteiger partial charge < -0.3 is 0 Å². The molecule has 1 aromatic heterocycles. The van der Waals surface area contributed by atoms with Gasteiger partial charge in [-0.05, 0) is 19.4 Å². The number of carbonyl (C=O) groups is 1. The molecule has 0 saturated carbocycles. The molecule has 0 fully saturated rings. The van der Waals surface area contributed by atoms with Crippen molar-refractivity contribution in [1.29, 1.82) is 0 Å². The van der Waals surface area contributed by atoms with E-state index in [9.17, 15) is 9.18 Å². The summed E-state index contributed by atoms with van der Waals surface area (Å²) in [5.74, 6) is -0.988. The third kappa shape index (κ3) is 1.74. The summed E-state index contributed by atoms with van der Waals surface area (Å²) in [6, 6.07) is 5.42. The number of carbonyl (C=O) groups excluding carboxylic acids is 1. The first kappa shape index (κ1) is 10.5. The molecule has 2 aromatic rings. The Kier molecular flexibility index (Phi) is 2.56. The highest BCUT2D eigenvalue weighted by molar-refractivity contribution is 6.08. The quantitative estimate of drug-likeness (QED) is 0.787. The lowest BCUT2D eigenvalue weighted by molar-refractivity contribution is 0.103. The van der Waals surface area contributed by atoms with Crippen LogP contribution >= 0.6 is 0 Å². The first-order valence-electron chi connectivity index (χ1n) is 4.90. The van der Waals surface area contributed by atoms with Gasteiger partial charge in [0.1, 0.15) is 5.69 Å². The lowest BCUT2D eigenvalue weighted by atomic mass is 10.0. The van der Waals surface area contributed by atoms with E-state index >= 15 is 0 Å². The van der Waals surface area contributed by atoms with Gasteiger partial charge in [0.25, 0.3) is 0 Å². The number of ketones is 1. The van der Waals surface area contributed by atoms with Crippen LogP contribution in [0.1, 0.15) is 27.2 Å². The molecule has 0 aliphatic rings. The minimum Gasteiger partial charge on any atom is -0.287 e. The van der Waals surface area contributed by atoms with Crippen LogP contribution in [-0.2, 0) is 0 Å². The van der Waals surface area contributed by atoms with E-state index in [-0.39, 0.29) is 11.5 Å². The van der Waals surface area contributed by atoms with Crippen molar-refractivity contribution in [2.75, 3.05) is 0 Å². The van der Waals surface area contributed by atoms with Gasteiger partial charge in [0, 0.05) is 5.56 Å². The maximum Gasteiger partial charge on any atom is 0.214 e. The lowest BCUT2D eigenvalue weighted by Gasteiger charge is -2.04. The molecule has 1 N–H and O–H groups in total. The van der Waals surface area contributed by atoms with Gasteiger partial charge in [-0.15, -0.1) is 0 Å². The van der Waals surface area contributed by atoms with E-state index < -0.39 is 5.82 Å². The van der Waals surface area contributed by atoms with Crippen LogP contribution in [0.2, 0.25) is 0 Å². The fourth-order valence-corrected chi connectivity index (χ4v) is 1.63. The molecular formula is C12H11FN2O. The van der Waals surface area contributed by atoms with Crippen molar-refractivity contribution >= 4 is 5.78 Å². The smallest absolute Gasteiger partial charge is 0.214 e. The summed E-state index contributed by atoms with van der Waals surface area (Å²) in [6.45, 7) is 3.77. The maximum absolute atomic E-state index is 13.2. The number of nitrogens with zero attached hydrogens (tertiary/aromatic N) is 1. The first-order valence-corrected chi connectivity index (χ1v) is 4.90. The summed E-state index contributed by atoms with van der Waals surface area (Å²) in [5, 5.41) is 5.87. The number of nitrogens with one attached hydrogen (secondary N) is 1. The van der Waals surface area contributed by atoms with Crippen molar-refractivity contribution in [2.24, 2.45) is 0 Å². The van der Waals surface area contributed by atoms with Crippen LogP contribution in [0.4, 0.5) is 4.39 Å². The Bertz CT molecular complexity index is 546. The third-order valence-corrected chi connectivity index (χ3v) is 2.45. The predicted octanol–water partition coefficient (Wildman–Crippen LogP) is 2.40. The maximum atomic E-state index is 13.2. The van der Waals surface area contributed by atoms with Gasteiger partial charge in [0.05, 0.1) is 6.20 Å². The second-order valence-corrected chi connectivity index (χ2v) is 3.74. The van der Waals surface area contributed by atoms with Crippen LogP contribution in [0.5, 0.6) is 0 Å². The van der Waals surface area contributed by atoms with E-state index in [1.54, 1.807) is 6.07 Å². The Labute approximate surface area is 92.3 Å². The standard InChI is InChI=1S/C12H11FN2O/c1-7-3-4-9(8(2)5-7)12(16)11-10(13)6-14-15-11/h3-6H,1-2H3,(H,14,15). The highest BCUT2D eigenvalue weighted by Crippen LogP contribution is 2.15. The molecule has 0 aliphatic heterocycles. The zero-order valence-electron chi connectivity index (χ0n) is 9.04. The molecule has 0 unspecified atom stereocenters. The SMILES string of the molecule is Cc1ccc(C(=O)c2[nH]ncc2F)c(C)c1. The summed E-state index contributed by atoms with van der Waals surface area (Å²) >= 11 is 0. The molecule has 82 valence electrons. The zero-order chi connectivity index (χ0) is 11.7. The third-order valence-electron chi connectivity index (χ3n) is 2.45. The number of aromatic amines is 1. The van der Waals surface area contributed by atoms with E-state index in [1.807, 2.05) is 26.0 Å². The van der Waals surface area contributed by atoms with Crippen LogP contribution in [0.3, 0.4) is 0 Å². The Morgan fingerprint density at radius 3 is 2.69 bits per heavy atom. The zero-order valence-corrected chi connectivity index (χ0v) is 9.04. The van der Waals surface area contributed by atoms with Gasteiger partial charge >= 0.3 is 0 Å². The molecule has 16 heavy (non-hydrogen) atoms. The Hall–Kier alpha value is -1.97. The summed E-state index contributed by atoms with van der Waals surface area (Å²) in [7, 11) is 0. The highest BCUT2D eigenvalue weighted by atomic mass is 19.1. The minimum absolute atomic E-state index is 0.0908. The van der Waals surface area contributed by atoms with Crippen LogP contribution in [0.25, 0.3) is 0 Å². The first-order chi connectivity index (χ1) is 7.59. The van der Waals surface area contributed by atoms with Gasteiger partial charge in [-0.3, -0.25) is 9.89 Å². The van der Waals surface area contributed by atoms with Gasteiger partial charge in [-0.1, -0.05) is 23.8 Å². The predicted molar refractivity (Wildman–Crippen MR) is 57.9 cm³/mol. The number of halogens is 1. The van der Waals surface area contributed by atoms with Gasteiger partial charge in [0.2, 0.25) is 5.78 Å². The molecule has 0 amide bonds. The van der Waals surface area contributed by atoms with Crippen molar-refractivity contribution in [3.8, 4) is 0 Å². The van der Waals surface area contributed by atoms with Crippen LogP contribution in [0, 0.1) is 19.7 Å². The topological polar surface area (TPSA) is 45.8 Å². The molecular weight excluding hydrogens is 207 g/mol. The number of aryl methyl sites for hydroxylation is 2. The molecule has 1 aromatic carbocycles. The van der Waals surface area contributed by atoms with Crippen molar-refractivity contribution in [1.82, 2.24) is 10.2 Å². The molecule has 0 saturated heterocycles. The normalized spacial score (nSPS) is 10.4. The monoisotopic (exact) mass is 218 g/mol. The number of benzene rings is 1. The van der Waals surface area contributed by atoms with Gasteiger partial charge in [0.15, 0.2) is 5.82 Å². The molecule has 0 radical (unpaired) electrons. The largest absolute Gasteiger partial charge is 0.287 e. The minimum atomic E-state index is -0.620. The fourth-order valence-electron chi connectivity index (χ4n) is 1.63. The molecule has 0 spiro atoms. The molecule has 2 rings (SSSR count). The lowest BCUT2D eigenvalue weighted by Crippen LogP contribution is -2.06. The number of aromatic nitrogens is 2. The Morgan fingerprint density at radius 2 is 2.12 bits per heavy atom. The molecule has 4 heteroatoms. The summed E-state index contributed by atoms with van der Waals surface area (Å²) in [4.78, 5) is 11.9. The fraction of sp³-hybridized carbons (Fsp3) is 0.167.